The Labute approximate surface area is 48.5 Å². The normalized spacial score (nSPS) is 39.4. The smallest absolute Gasteiger partial charge is 0.186 e. The largest absolute Gasteiger partial charge is 0.273 e. The van der Waals surface area contributed by atoms with Crippen molar-refractivity contribution in [3.63, 3.8) is 0 Å². The van der Waals surface area contributed by atoms with Crippen LogP contribution in [0.15, 0.2) is 0 Å². The molecule has 1 heterocycles. The molecule has 0 radical (unpaired) electrons. The van der Waals surface area contributed by atoms with Crippen LogP contribution in [-0.2, 0) is 9.13 Å². The molecule has 0 aromatic carbocycles. The summed E-state index contributed by atoms with van der Waals surface area (Å²) >= 11 is 1.47. The molecule has 1 aliphatic heterocycles. The van der Waals surface area contributed by atoms with Gasteiger partial charge in [-0.3, -0.25) is 9.13 Å². The highest BCUT2D eigenvalue weighted by atomic mass is 32.2. The van der Waals surface area contributed by atoms with Crippen LogP contribution in [-0.4, -0.2) is 9.98 Å². The fraction of sp³-hybridized carbons (Fsp3) is 1.00. The van der Waals surface area contributed by atoms with Crippen LogP contribution in [0.3, 0.4) is 0 Å². The standard InChI is InChI=1S/C2H2O2P2S/c3-5-2(6-4)1-7-2/h1H2. The molecule has 5 heteroatoms. The molecule has 1 saturated heterocycles. The Hall–Kier alpha value is 0.550. The molecule has 0 atom stereocenters. The van der Waals surface area contributed by atoms with Gasteiger partial charge in [0, 0.05) is 5.75 Å². The van der Waals surface area contributed by atoms with Gasteiger partial charge in [0.15, 0.2) is 21.1 Å². The second-order valence-corrected chi connectivity index (χ2v) is 5.34. The zero-order valence-corrected chi connectivity index (χ0v) is 5.93. The first-order chi connectivity index (χ1) is 3.33. The van der Waals surface area contributed by atoms with E-state index in [0.29, 0.717) is 0 Å². The fourth-order valence-corrected chi connectivity index (χ4v) is 1.68. The highest BCUT2D eigenvalue weighted by Gasteiger charge is 2.47. The molecule has 7 heavy (non-hydrogen) atoms. The van der Waals surface area contributed by atoms with Gasteiger partial charge < -0.3 is 0 Å². The van der Waals surface area contributed by atoms with E-state index in [1.54, 1.807) is 0 Å². The molecule has 2 nitrogen and oxygen atoms in total. The van der Waals surface area contributed by atoms with Gasteiger partial charge in [-0.05, 0) is 0 Å². The molecule has 0 saturated carbocycles. The highest BCUT2D eigenvalue weighted by Crippen LogP contribution is 2.60. The van der Waals surface area contributed by atoms with Crippen molar-refractivity contribution in [1.29, 1.82) is 0 Å². The van der Waals surface area contributed by atoms with Crippen molar-refractivity contribution in [3.8, 4) is 0 Å². The molecule has 0 aromatic rings. The fourth-order valence-electron chi connectivity index (χ4n) is 0.187. The Kier molecular flexibility index (Phi) is 1.47. The topological polar surface area (TPSA) is 34.1 Å². The first-order valence-electron chi connectivity index (χ1n) is 1.66. The summed E-state index contributed by atoms with van der Waals surface area (Å²) in [7, 11) is 0.0100. The van der Waals surface area contributed by atoms with Gasteiger partial charge in [0.1, 0.15) is 0 Å². The van der Waals surface area contributed by atoms with Crippen LogP contribution in [0.4, 0.5) is 0 Å². The Bertz CT molecular complexity index is 100. The lowest BCUT2D eigenvalue weighted by Crippen LogP contribution is -1.77. The molecule has 0 spiro atoms. The van der Waals surface area contributed by atoms with E-state index in [2.05, 4.69) is 0 Å². The monoisotopic (exact) mass is 152 g/mol. The SMILES string of the molecule is O=PC1(P=O)CS1. The Morgan fingerprint density at radius 1 is 1.43 bits per heavy atom. The summed E-state index contributed by atoms with van der Waals surface area (Å²) in [5, 5.41) is 0. The van der Waals surface area contributed by atoms with Gasteiger partial charge in [-0.25, -0.2) is 0 Å². The van der Waals surface area contributed by atoms with Crippen LogP contribution < -0.4 is 0 Å². The molecular weight excluding hydrogens is 150 g/mol. The van der Waals surface area contributed by atoms with E-state index in [1.807, 2.05) is 0 Å². The van der Waals surface area contributed by atoms with Gasteiger partial charge in [0.05, 0.1) is 0 Å². The molecule has 0 amide bonds. The average Bonchev–Trinajstić information content (AvgIpc) is 2.46. The van der Waals surface area contributed by atoms with Gasteiger partial charge in [-0.15, -0.1) is 11.8 Å². The van der Waals surface area contributed by atoms with E-state index in [1.165, 1.54) is 11.8 Å². The Balaban J connectivity index is 2.58. The lowest BCUT2D eigenvalue weighted by atomic mass is 11.0. The van der Waals surface area contributed by atoms with Crippen molar-refractivity contribution >= 4 is 28.7 Å². The second-order valence-electron chi connectivity index (χ2n) is 1.21. The molecular formula is C2H2O2P2S. The van der Waals surface area contributed by atoms with Crippen LogP contribution in [0.5, 0.6) is 0 Å². The first kappa shape index (κ1) is 5.68. The third-order valence-electron chi connectivity index (χ3n) is 0.688. The molecule has 0 N–H and O–H groups in total. The summed E-state index contributed by atoms with van der Waals surface area (Å²) in [6.45, 7) is 0. The number of hydrogen-bond donors (Lipinski definition) is 0. The molecule has 1 rings (SSSR count). The average molecular weight is 152 g/mol. The zero-order chi connectivity index (χ0) is 5.33. The van der Waals surface area contributed by atoms with E-state index in [9.17, 15) is 9.13 Å². The van der Waals surface area contributed by atoms with Gasteiger partial charge in [-0.1, -0.05) is 0 Å². The Morgan fingerprint density at radius 3 is 1.86 bits per heavy atom. The molecule has 0 aromatic heterocycles. The minimum atomic E-state index is -0.417. The minimum absolute atomic E-state index is 0.00502. The second kappa shape index (κ2) is 1.81. The number of rotatable bonds is 2. The van der Waals surface area contributed by atoms with E-state index in [4.69, 9.17) is 0 Å². The van der Waals surface area contributed by atoms with E-state index in [-0.39, 0.29) is 16.9 Å². The van der Waals surface area contributed by atoms with Crippen molar-refractivity contribution in [2.45, 2.75) is 4.23 Å². The van der Waals surface area contributed by atoms with E-state index in [0.717, 1.165) is 5.75 Å². The van der Waals surface area contributed by atoms with Gasteiger partial charge >= 0.3 is 0 Å². The summed E-state index contributed by atoms with van der Waals surface area (Å²) in [6.07, 6.45) is 0. The van der Waals surface area contributed by atoms with Crippen molar-refractivity contribution in [1.82, 2.24) is 0 Å². The molecule has 38 valence electrons. The van der Waals surface area contributed by atoms with Gasteiger partial charge in [0.25, 0.3) is 0 Å². The van der Waals surface area contributed by atoms with Crippen molar-refractivity contribution in [2.75, 3.05) is 5.75 Å². The van der Waals surface area contributed by atoms with Gasteiger partial charge in [0.2, 0.25) is 0 Å². The number of hydrogen-bond acceptors (Lipinski definition) is 3. The molecule has 1 aliphatic rings. The van der Waals surface area contributed by atoms with E-state index >= 15 is 0 Å². The summed E-state index contributed by atoms with van der Waals surface area (Å²) in [4.78, 5) is 0. The Morgan fingerprint density at radius 2 is 1.86 bits per heavy atom. The maximum absolute atomic E-state index is 9.99. The van der Waals surface area contributed by atoms with Crippen molar-refractivity contribution < 1.29 is 9.13 Å². The van der Waals surface area contributed by atoms with Crippen LogP contribution in [0.1, 0.15) is 0 Å². The molecule has 0 unspecified atom stereocenters. The zero-order valence-electron chi connectivity index (χ0n) is 3.33. The van der Waals surface area contributed by atoms with E-state index < -0.39 is 4.23 Å². The van der Waals surface area contributed by atoms with Crippen LogP contribution in [0, 0.1) is 0 Å². The molecule has 0 bridgehead atoms. The van der Waals surface area contributed by atoms with Crippen LogP contribution in [0.2, 0.25) is 0 Å². The van der Waals surface area contributed by atoms with Crippen molar-refractivity contribution in [3.05, 3.63) is 0 Å². The minimum Gasteiger partial charge on any atom is -0.273 e. The maximum Gasteiger partial charge on any atom is 0.186 e. The van der Waals surface area contributed by atoms with Crippen molar-refractivity contribution in [2.24, 2.45) is 0 Å². The van der Waals surface area contributed by atoms with Crippen LogP contribution >= 0.6 is 28.7 Å². The third kappa shape index (κ3) is 1.02. The first-order valence-corrected chi connectivity index (χ1v) is 4.27. The summed E-state index contributed by atoms with van der Waals surface area (Å²) < 4.78 is 19.6. The number of thioether (sulfide) groups is 1. The predicted molar refractivity (Wildman–Crippen MR) is 30.4 cm³/mol. The molecule has 0 aliphatic carbocycles. The highest BCUT2D eigenvalue weighted by molar-refractivity contribution is 8.17. The van der Waals surface area contributed by atoms with Gasteiger partial charge in [-0.2, -0.15) is 0 Å². The van der Waals surface area contributed by atoms with Crippen LogP contribution in [0.25, 0.3) is 0 Å². The summed E-state index contributed by atoms with van der Waals surface area (Å²) in [6, 6.07) is 0. The third-order valence-corrected chi connectivity index (χ3v) is 4.55. The quantitative estimate of drug-likeness (QED) is 0.448. The maximum atomic E-state index is 9.99. The predicted octanol–water partition coefficient (Wildman–Crippen LogP) is 1.97. The summed E-state index contributed by atoms with van der Waals surface area (Å²) in [5.41, 5.74) is 0. The lowest BCUT2D eigenvalue weighted by molar-refractivity contribution is 0.590. The lowest BCUT2D eigenvalue weighted by Gasteiger charge is -1.78. The molecule has 1 fully saturated rings. The summed E-state index contributed by atoms with van der Waals surface area (Å²) in [5.74, 6) is 0.767.